The SMILES string of the molecule is [N-]=[N+]=C(C(=O)C(F)(F)Cl)C(F)(F)F. The van der Waals surface area contributed by atoms with Gasteiger partial charge >= 0.3 is 23.1 Å². The van der Waals surface area contributed by atoms with Gasteiger partial charge in [-0.15, -0.1) is 0 Å². The lowest BCUT2D eigenvalue weighted by Crippen LogP contribution is -2.40. The van der Waals surface area contributed by atoms with Crippen LogP contribution < -0.4 is 0 Å². The first kappa shape index (κ1) is 12.0. The summed E-state index contributed by atoms with van der Waals surface area (Å²) < 4.78 is 58.4. The molecule has 0 unspecified atom stereocenters. The Kier molecular flexibility index (Phi) is 3.13. The van der Waals surface area contributed by atoms with E-state index >= 15 is 0 Å². The minimum absolute atomic E-state index is 1.40. The second-order valence-electron chi connectivity index (χ2n) is 1.77. The van der Waals surface area contributed by atoms with Crippen molar-refractivity contribution in [2.24, 2.45) is 0 Å². The van der Waals surface area contributed by atoms with Crippen molar-refractivity contribution in [3.8, 4) is 0 Å². The lowest BCUT2D eigenvalue weighted by Gasteiger charge is -2.03. The average molecular weight is 222 g/mol. The number of rotatable bonds is 2. The van der Waals surface area contributed by atoms with Crippen LogP contribution in [0.25, 0.3) is 5.53 Å². The summed E-state index contributed by atoms with van der Waals surface area (Å²) in [6.45, 7) is 0. The normalized spacial score (nSPS) is 12.2. The van der Waals surface area contributed by atoms with E-state index in [1.165, 1.54) is 4.79 Å². The van der Waals surface area contributed by atoms with Crippen molar-refractivity contribution in [1.29, 1.82) is 0 Å². The number of hydrogen-bond donors (Lipinski definition) is 0. The molecule has 0 amide bonds. The first-order chi connectivity index (χ1) is 5.60. The molecule has 0 rings (SSSR count). The second kappa shape index (κ2) is 3.39. The predicted octanol–water partition coefficient (Wildman–Crippen LogP) is 1.62. The van der Waals surface area contributed by atoms with Gasteiger partial charge in [-0.1, -0.05) is 0 Å². The van der Waals surface area contributed by atoms with Gasteiger partial charge in [-0.05, 0) is 11.6 Å². The Labute approximate surface area is 72.7 Å². The molecule has 0 bridgehead atoms. The van der Waals surface area contributed by atoms with E-state index in [9.17, 15) is 26.7 Å². The highest BCUT2D eigenvalue weighted by molar-refractivity contribution is 6.51. The number of alkyl halides is 6. The molecule has 0 heterocycles. The Morgan fingerprint density at radius 3 is 1.69 bits per heavy atom. The molecule has 0 aromatic rings. The molecule has 0 fully saturated rings. The number of halogens is 6. The molecule has 0 aliphatic heterocycles. The number of carbonyl (C=O) groups is 1. The molecule has 0 spiro atoms. The minimum atomic E-state index is -5.47. The Morgan fingerprint density at radius 2 is 1.62 bits per heavy atom. The van der Waals surface area contributed by atoms with Gasteiger partial charge in [0.2, 0.25) is 0 Å². The summed E-state index contributed by atoms with van der Waals surface area (Å²) in [6, 6.07) is 0. The average Bonchev–Trinajstić information content (AvgIpc) is 1.83. The van der Waals surface area contributed by atoms with E-state index < -0.39 is 23.1 Å². The van der Waals surface area contributed by atoms with E-state index in [-0.39, 0.29) is 0 Å². The van der Waals surface area contributed by atoms with E-state index in [1.54, 1.807) is 0 Å². The third-order valence-electron chi connectivity index (χ3n) is 0.841. The molecule has 0 aliphatic rings. The van der Waals surface area contributed by atoms with Crippen LogP contribution >= 0.6 is 11.6 Å². The highest BCUT2D eigenvalue weighted by Crippen LogP contribution is 2.26. The first-order valence-electron chi connectivity index (χ1n) is 2.51. The number of Topliss-reactive ketones (excluding diaryl/α,β-unsaturated/α-hetero) is 1. The van der Waals surface area contributed by atoms with Crippen LogP contribution in [0.1, 0.15) is 0 Å². The van der Waals surface area contributed by atoms with E-state index in [1.807, 2.05) is 0 Å². The smallest absolute Gasteiger partial charge is 0.361 e. The van der Waals surface area contributed by atoms with Gasteiger partial charge < -0.3 is 5.53 Å². The summed E-state index contributed by atoms with van der Waals surface area (Å²) in [5.74, 6) is -2.80. The zero-order chi connectivity index (χ0) is 10.9. The summed E-state index contributed by atoms with van der Waals surface area (Å²) in [6.07, 6.45) is -5.47. The zero-order valence-corrected chi connectivity index (χ0v) is 6.33. The van der Waals surface area contributed by atoms with Gasteiger partial charge in [0.05, 0.1) is 0 Å². The number of hydrogen-bond acceptors (Lipinski definition) is 1. The van der Waals surface area contributed by atoms with E-state index in [2.05, 4.69) is 11.6 Å². The molecule has 9 heteroatoms. The van der Waals surface area contributed by atoms with Crippen LogP contribution in [-0.4, -0.2) is 27.8 Å². The van der Waals surface area contributed by atoms with Gasteiger partial charge in [0.15, 0.2) is 0 Å². The topological polar surface area (TPSA) is 53.5 Å². The first-order valence-corrected chi connectivity index (χ1v) is 2.89. The van der Waals surface area contributed by atoms with Gasteiger partial charge in [-0.3, -0.25) is 4.79 Å². The van der Waals surface area contributed by atoms with Crippen LogP contribution in [0.4, 0.5) is 22.0 Å². The minimum Gasteiger partial charge on any atom is -0.361 e. The summed E-state index contributed by atoms with van der Waals surface area (Å²) in [5, 5.41) is -4.74. The van der Waals surface area contributed by atoms with Crippen LogP contribution in [-0.2, 0) is 4.79 Å². The Balaban J connectivity index is 5.09. The third-order valence-corrected chi connectivity index (χ3v) is 1.01. The van der Waals surface area contributed by atoms with E-state index in [4.69, 9.17) is 5.53 Å². The molecular weight excluding hydrogens is 222 g/mol. The molecule has 3 nitrogen and oxygen atoms in total. The molecule has 0 aromatic carbocycles. The maximum absolute atomic E-state index is 11.8. The molecular formula is C4ClF5N2O. The van der Waals surface area contributed by atoms with E-state index in [0.29, 0.717) is 0 Å². The van der Waals surface area contributed by atoms with Crippen LogP contribution in [0.15, 0.2) is 0 Å². The summed E-state index contributed by atoms with van der Waals surface area (Å²) in [5.41, 5.74) is 5.00. The second-order valence-corrected chi connectivity index (χ2v) is 2.25. The zero-order valence-electron chi connectivity index (χ0n) is 5.57. The summed E-state index contributed by atoms with van der Waals surface area (Å²) in [7, 11) is 0. The largest absolute Gasteiger partial charge is 0.499 e. The Bertz CT molecular complexity index is 273. The monoisotopic (exact) mass is 222 g/mol. The van der Waals surface area contributed by atoms with Crippen molar-refractivity contribution in [2.45, 2.75) is 11.6 Å². The lowest BCUT2D eigenvalue weighted by molar-refractivity contribution is -0.146. The maximum Gasteiger partial charge on any atom is 0.499 e. The lowest BCUT2D eigenvalue weighted by atomic mass is 10.2. The molecule has 74 valence electrons. The van der Waals surface area contributed by atoms with Crippen LogP contribution in [0.3, 0.4) is 0 Å². The molecule has 0 aromatic heterocycles. The standard InChI is InChI=1S/C4ClF5N2O/c5-3(6,7)2(13)1(12-11)4(8,9)10. The van der Waals surface area contributed by atoms with Gasteiger partial charge in [0.25, 0.3) is 0 Å². The highest BCUT2D eigenvalue weighted by Gasteiger charge is 2.57. The van der Waals surface area contributed by atoms with Crippen LogP contribution in [0.5, 0.6) is 0 Å². The number of carbonyl (C=O) groups excluding carboxylic acids is 1. The quantitative estimate of drug-likeness (QED) is 0.230. The van der Waals surface area contributed by atoms with Crippen LogP contribution in [0, 0.1) is 0 Å². The molecule has 0 saturated carbocycles. The molecule has 0 N–H and O–H groups in total. The van der Waals surface area contributed by atoms with Gasteiger partial charge in [0, 0.05) is 0 Å². The molecule has 13 heavy (non-hydrogen) atoms. The fraction of sp³-hybridized carbons (Fsp3) is 0.500. The van der Waals surface area contributed by atoms with Crippen molar-refractivity contribution in [3.63, 3.8) is 0 Å². The fourth-order valence-electron chi connectivity index (χ4n) is 0.365. The summed E-state index contributed by atoms with van der Waals surface area (Å²) >= 11 is 3.99. The maximum atomic E-state index is 11.8. The third kappa shape index (κ3) is 3.08. The molecule has 0 saturated heterocycles. The van der Waals surface area contributed by atoms with Crippen molar-refractivity contribution in [2.75, 3.05) is 0 Å². The molecule has 0 radical (unpaired) electrons. The molecule has 0 aliphatic carbocycles. The predicted molar refractivity (Wildman–Crippen MR) is 30.5 cm³/mol. The Hall–Kier alpha value is -1.01. The van der Waals surface area contributed by atoms with Gasteiger partial charge in [0.1, 0.15) is 0 Å². The highest BCUT2D eigenvalue weighted by atomic mass is 35.5. The Morgan fingerprint density at radius 1 is 1.23 bits per heavy atom. The fourth-order valence-corrected chi connectivity index (χ4v) is 0.455. The number of ketones is 1. The van der Waals surface area contributed by atoms with E-state index in [0.717, 1.165) is 0 Å². The summed E-state index contributed by atoms with van der Waals surface area (Å²) in [4.78, 5) is 11.6. The van der Waals surface area contributed by atoms with Crippen molar-refractivity contribution < 1.29 is 31.5 Å². The van der Waals surface area contributed by atoms with Crippen molar-refractivity contribution >= 4 is 23.1 Å². The van der Waals surface area contributed by atoms with Crippen molar-refractivity contribution in [1.82, 2.24) is 0 Å². The van der Waals surface area contributed by atoms with Gasteiger partial charge in [-0.2, -0.15) is 26.7 Å². The van der Waals surface area contributed by atoms with Gasteiger partial charge in [-0.25, -0.2) is 0 Å². The van der Waals surface area contributed by atoms with Crippen LogP contribution in [0.2, 0.25) is 0 Å². The molecule has 0 atom stereocenters. The van der Waals surface area contributed by atoms with Crippen molar-refractivity contribution in [3.05, 3.63) is 5.53 Å². The number of nitrogens with zero attached hydrogens (tertiary/aromatic N) is 2.